The Hall–Kier alpha value is -1.57. The van der Waals surface area contributed by atoms with E-state index in [0.29, 0.717) is 6.54 Å². The summed E-state index contributed by atoms with van der Waals surface area (Å²) in [5.41, 5.74) is 0.119. The second kappa shape index (κ2) is 7.28. The average Bonchev–Trinajstić information content (AvgIpc) is 2.67. The van der Waals surface area contributed by atoms with Crippen molar-refractivity contribution >= 4 is 16.0 Å². The third-order valence-electron chi connectivity index (χ3n) is 2.59. The van der Waals surface area contributed by atoms with Gasteiger partial charge in [0, 0.05) is 19.8 Å². The van der Waals surface area contributed by atoms with Crippen LogP contribution in [0, 0.1) is 0 Å². The van der Waals surface area contributed by atoms with E-state index in [-0.39, 0.29) is 17.4 Å². The molecular weight excluding hydrogens is 282 g/mol. The fourth-order valence-corrected chi connectivity index (χ4v) is 2.09. The van der Waals surface area contributed by atoms with Crippen molar-refractivity contribution in [3.63, 3.8) is 0 Å². The molecule has 20 heavy (non-hydrogen) atoms. The van der Waals surface area contributed by atoms with Crippen LogP contribution in [-0.4, -0.2) is 36.9 Å². The molecule has 0 aliphatic carbocycles. The van der Waals surface area contributed by atoms with Crippen LogP contribution in [0.2, 0.25) is 0 Å². The molecule has 1 aromatic rings. The maximum atomic E-state index is 12.0. The van der Waals surface area contributed by atoms with Gasteiger partial charge in [0.15, 0.2) is 0 Å². The number of hydrogen-bond acceptors (Lipinski definition) is 5. The van der Waals surface area contributed by atoms with Crippen LogP contribution >= 0.6 is 0 Å². The Balaban J connectivity index is 2.63. The van der Waals surface area contributed by atoms with Gasteiger partial charge in [-0.05, 0) is 6.42 Å². The van der Waals surface area contributed by atoms with Gasteiger partial charge in [-0.15, -0.1) is 5.10 Å². The van der Waals surface area contributed by atoms with Crippen LogP contribution in [0.1, 0.15) is 43.0 Å². The largest absolute Gasteiger partial charge is 0.359 e. The minimum Gasteiger partial charge on any atom is -0.359 e. The van der Waals surface area contributed by atoms with E-state index in [1.807, 2.05) is 0 Å². The van der Waals surface area contributed by atoms with Gasteiger partial charge in [0.1, 0.15) is 5.56 Å². The van der Waals surface area contributed by atoms with Gasteiger partial charge >= 0.3 is 10.1 Å². The van der Waals surface area contributed by atoms with Crippen LogP contribution in [0.5, 0.6) is 5.88 Å². The molecule has 0 bridgehead atoms. The van der Waals surface area contributed by atoms with Gasteiger partial charge in [-0.1, -0.05) is 26.2 Å². The van der Waals surface area contributed by atoms with E-state index in [1.54, 1.807) is 7.05 Å². The summed E-state index contributed by atoms with van der Waals surface area (Å²) in [4.78, 5) is 12.0. The molecule has 0 saturated heterocycles. The molecule has 1 amide bonds. The summed E-state index contributed by atoms with van der Waals surface area (Å²) in [7, 11) is -2.12. The number of carbonyl (C=O) groups excluding carboxylic acids is 1. The molecule has 7 nitrogen and oxygen atoms in total. The first-order valence-corrected chi connectivity index (χ1v) is 8.36. The molecule has 0 aliphatic heterocycles. The number of aryl methyl sites for hydroxylation is 1. The molecule has 0 fully saturated rings. The predicted molar refractivity (Wildman–Crippen MR) is 75.2 cm³/mol. The smallest absolute Gasteiger partial charge is 0.307 e. The standard InChI is InChI=1S/C12H21N3O4S/c1-4-5-6-7-8-13-11(16)10-9-15(2)14-12(10)19-20(3,17)18/h9H,4-8H2,1-3H3,(H,13,16). The Kier molecular flexibility index (Phi) is 6.00. The molecule has 1 heterocycles. The first-order chi connectivity index (χ1) is 9.33. The Labute approximate surface area is 119 Å². The first kappa shape index (κ1) is 16.5. The molecule has 0 spiro atoms. The zero-order valence-corrected chi connectivity index (χ0v) is 12.9. The van der Waals surface area contributed by atoms with Crippen LogP contribution in [0.3, 0.4) is 0 Å². The number of hydrogen-bond donors (Lipinski definition) is 1. The summed E-state index contributed by atoms with van der Waals surface area (Å²) < 4.78 is 28.3. The molecule has 114 valence electrons. The maximum Gasteiger partial charge on any atom is 0.307 e. The van der Waals surface area contributed by atoms with Gasteiger partial charge in [-0.2, -0.15) is 8.42 Å². The van der Waals surface area contributed by atoms with Crippen molar-refractivity contribution in [2.45, 2.75) is 32.6 Å². The van der Waals surface area contributed by atoms with Crippen molar-refractivity contribution in [1.29, 1.82) is 0 Å². The highest BCUT2D eigenvalue weighted by molar-refractivity contribution is 7.86. The topological polar surface area (TPSA) is 90.3 Å². The molecule has 0 atom stereocenters. The lowest BCUT2D eigenvalue weighted by molar-refractivity contribution is 0.0951. The number of amides is 1. The molecule has 0 saturated carbocycles. The molecule has 1 N–H and O–H groups in total. The SMILES string of the molecule is CCCCCCNC(=O)c1cn(C)nc1OS(C)(=O)=O. The Bertz CT molecular complexity index is 551. The van der Waals surface area contributed by atoms with Crippen molar-refractivity contribution in [2.24, 2.45) is 7.05 Å². The first-order valence-electron chi connectivity index (χ1n) is 6.54. The molecule has 0 aliphatic rings. The van der Waals surface area contributed by atoms with Crippen molar-refractivity contribution < 1.29 is 17.4 Å². The number of nitrogens with one attached hydrogen (secondary N) is 1. The van der Waals surface area contributed by atoms with Gasteiger partial charge < -0.3 is 9.50 Å². The average molecular weight is 303 g/mol. The van der Waals surface area contributed by atoms with Gasteiger partial charge in [0.25, 0.3) is 11.8 Å². The molecular formula is C12H21N3O4S. The van der Waals surface area contributed by atoms with Crippen molar-refractivity contribution in [3.05, 3.63) is 11.8 Å². The molecule has 0 radical (unpaired) electrons. The van der Waals surface area contributed by atoms with Crippen molar-refractivity contribution in [2.75, 3.05) is 12.8 Å². The minimum absolute atomic E-state index is 0.119. The minimum atomic E-state index is -3.71. The molecule has 1 aromatic heterocycles. The van der Waals surface area contributed by atoms with E-state index >= 15 is 0 Å². The fourth-order valence-electron chi connectivity index (χ4n) is 1.68. The zero-order valence-electron chi connectivity index (χ0n) is 12.0. The highest BCUT2D eigenvalue weighted by atomic mass is 32.2. The highest BCUT2D eigenvalue weighted by Crippen LogP contribution is 2.16. The summed E-state index contributed by atoms with van der Waals surface area (Å²) in [6.45, 7) is 2.66. The lowest BCUT2D eigenvalue weighted by Gasteiger charge is -2.05. The maximum absolute atomic E-state index is 12.0. The summed E-state index contributed by atoms with van der Waals surface area (Å²) in [6.07, 6.45) is 6.54. The third-order valence-corrected chi connectivity index (χ3v) is 3.05. The third kappa shape index (κ3) is 5.60. The van der Waals surface area contributed by atoms with Crippen molar-refractivity contribution in [3.8, 4) is 5.88 Å². The zero-order chi connectivity index (χ0) is 15.2. The van der Waals surface area contributed by atoms with Gasteiger partial charge in [0.05, 0.1) is 6.26 Å². The Morgan fingerprint density at radius 1 is 1.40 bits per heavy atom. The normalized spacial score (nSPS) is 11.3. The number of carbonyl (C=O) groups is 1. The van der Waals surface area contributed by atoms with E-state index in [1.165, 1.54) is 10.9 Å². The lowest BCUT2D eigenvalue weighted by atomic mass is 10.2. The quantitative estimate of drug-likeness (QED) is 0.573. The molecule has 1 rings (SSSR count). The fraction of sp³-hybridized carbons (Fsp3) is 0.667. The lowest BCUT2D eigenvalue weighted by Crippen LogP contribution is -2.25. The summed E-state index contributed by atoms with van der Waals surface area (Å²) in [5.74, 6) is -0.575. The van der Waals surface area contributed by atoms with Gasteiger partial charge in [-0.25, -0.2) is 0 Å². The monoisotopic (exact) mass is 303 g/mol. The van der Waals surface area contributed by atoms with Crippen LogP contribution in [0.15, 0.2) is 6.20 Å². The van der Waals surface area contributed by atoms with E-state index in [4.69, 9.17) is 4.18 Å². The molecule has 0 aromatic carbocycles. The van der Waals surface area contributed by atoms with E-state index in [2.05, 4.69) is 17.3 Å². The predicted octanol–water partition coefficient (Wildman–Crippen LogP) is 1.07. The van der Waals surface area contributed by atoms with E-state index in [0.717, 1.165) is 31.9 Å². The number of unbranched alkanes of at least 4 members (excludes halogenated alkanes) is 3. The number of rotatable bonds is 8. The van der Waals surface area contributed by atoms with Crippen LogP contribution < -0.4 is 9.50 Å². The second-order valence-corrected chi connectivity index (χ2v) is 6.20. The molecule has 8 heteroatoms. The Morgan fingerprint density at radius 2 is 2.10 bits per heavy atom. The highest BCUT2D eigenvalue weighted by Gasteiger charge is 2.19. The van der Waals surface area contributed by atoms with Crippen LogP contribution in [0.4, 0.5) is 0 Å². The molecule has 0 unspecified atom stereocenters. The van der Waals surface area contributed by atoms with Crippen molar-refractivity contribution in [1.82, 2.24) is 15.1 Å². The van der Waals surface area contributed by atoms with Gasteiger partial charge in [0.2, 0.25) is 0 Å². The van der Waals surface area contributed by atoms with E-state index < -0.39 is 10.1 Å². The van der Waals surface area contributed by atoms with Crippen LogP contribution in [-0.2, 0) is 17.2 Å². The summed E-state index contributed by atoms with van der Waals surface area (Å²) in [6, 6.07) is 0. The van der Waals surface area contributed by atoms with Gasteiger partial charge in [-0.3, -0.25) is 9.48 Å². The van der Waals surface area contributed by atoms with Crippen LogP contribution in [0.25, 0.3) is 0 Å². The second-order valence-electron chi connectivity index (χ2n) is 4.63. The van der Waals surface area contributed by atoms with E-state index in [9.17, 15) is 13.2 Å². The Morgan fingerprint density at radius 3 is 2.70 bits per heavy atom. The number of nitrogens with zero attached hydrogens (tertiary/aromatic N) is 2. The summed E-state index contributed by atoms with van der Waals surface area (Å²) in [5, 5.41) is 6.56. The number of aromatic nitrogens is 2. The summed E-state index contributed by atoms with van der Waals surface area (Å²) >= 11 is 0.